The second-order valence-corrected chi connectivity index (χ2v) is 3.63. The lowest BCUT2D eigenvalue weighted by Gasteiger charge is -2.23. The van der Waals surface area contributed by atoms with Crippen LogP contribution in [-0.2, 0) is 0 Å². The molecule has 1 aliphatic rings. The van der Waals surface area contributed by atoms with Crippen LogP contribution in [0.4, 0.5) is 43.9 Å². The van der Waals surface area contributed by atoms with Crippen molar-refractivity contribution in [2.24, 2.45) is 0 Å². The molecule has 0 radical (unpaired) electrons. The molecule has 10 heteroatoms. The van der Waals surface area contributed by atoms with Crippen molar-refractivity contribution in [1.82, 2.24) is 0 Å². The van der Waals surface area contributed by atoms with Crippen molar-refractivity contribution in [1.29, 1.82) is 0 Å². The topological polar surface area (TPSA) is 0 Å². The van der Waals surface area contributed by atoms with Gasteiger partial charge in [0.15, 0.2) is 0 Å². The van der Waals surface area contributed by atoms with Crippen LogP contribution >= 0.6 is 0 Å². The van der Waals surface area contributed by atoms with Gasteiger partial charge in [0, 0.05) is 12.0 Å². The lowest BCUT2D eigenvalue weighted by atomic mass is 10.0. The van der Waals surface area contributed by atoms with E-state index in [0.717, 1.165) is 0 Å². The van der Waals surface area contributed by atoms with E-state index in [1.807, 2.05) is 0 Å². The fraction of sp³-hybridized carbons (Fsp3) is 0.750. The standard InChI is InChI=1S/C8H4F10/c9-5(10)2-1-3(6(5,11)12)4(7(13,14)15)8(16,17)18/h1-2H2. The zero-order valence-electron chi connectivity index (χ0n) is 8.19. The molecule has 1 fully saturated rings. The smallest absolute Gasteiger partial charge is 0.199 e. The molecule has 0 heterocycles. The molecule has 18 heavy (non-hydrogen) atoms. The van der Waals surface area contributed by atoms with Gasteiger partial charge in [-0.3, -0.25) is 0 Å². The Morgan fingerprint density at radius 1 is 0.833 bits per heavy atom. The molecule has 0 nitrogen and oxygen atoms in total. The summed E-state index contributed by atoms with van der Waals surface area (Å²) in [4.78, 5) is 0. The molecule has 106 valence electrons. The van der Waals surface area contributed by atoms with E-state index < -0.39 is 48.2 Å². The zero-order valence-corrected chi connectivity index (χ0v) is 8.19. The summed E-state index contributed by atoms with van der Waals surface area (Å²) >= 11 is 0. The maximum atomic E-state index is 12.9. The number of hydrogen-bond acceptors (Lipinski definition) is 0. The maximum Gasteiger partial charge on any atom is 0.421 e. The van der Waals surface area contributed by atoms with Gasteiger partial charge < -0.3 is 0 Å². The van der Waals surface area contributed by atoms with Crippen LogP contribution in [0.3, 0.4) is 0 Å². The first-order valence-electron chi connectivity index (χ1n) is 4.35. The Kier molecular flexibility index (Phi) is 3.16. The van der Waals surface area contributed by atoms with Gasteiger partial charge >= 0.3 is 24.2 Å². The number of halogens is 10. The fourth-order valence-corrected chi connectivity index (χ4v) is 1.60. The second-order valence-electron chi connectivity index (χ2n) is 3.63. The summed E-state index contributed by atoms with van der Waals surface area (Å²) in [5.41, 5.74) is -6.15. The van der Waals surface area contributed by atoms with Crippen molar-refractivity contribution in [3.05, 3.63) is 11.1 Å². The second kappa shape index (κ2) is 3.77. The number of allylic oxidation sites excluding steroid dienone is 2. The minimum absolute atomic E-state index is 1.66. The van der Waals surface area contributed by atoms with Crippen LogP contribution in [0.25, 0.3) is 0 Å². The third kappa shape index (κ3) is 2.28. The van der Waals surface area contributed by atoms with Crippen molar-refractivity contribution >= 4 is 0 Å². The summed E-state index contributed by atoms with van der Waals surface area (Å²) in [5.74, 6) is -10.4. The summed E-state index contributed by atoms with van der Waals surface area (Å²) in [6, 6.07) is 0. The number of rotatable bonds is 0. The first-order chi connectivity index (χ1) is 7.71. The molecule has 0 aromatic rings. The molecular formula is C8H4F10. The van der Waals surface area contributed by atoms with Crippen LogP contribution in [0.5, 0.6) is 0 Å². The van der Waals surface area contributed by atoms with Gasteiger partial charge in [-0.05, 0) is 6.42 Å². The van der Waals surface area contributed by atoms with Crippen LogP contribution in [0.1, 0.15) is 12.8 Å². The largest absolute Gasteiger partial charge is 0.421 e. The van der Waals surface area contributed by atoms with E-state index in [1.165, 1.54) is 0 Å². The quantitative estimate of drug-likeness (QED) is 0.456. The molecule has 0 N–H and O–H groups in total. The summed E-state index contributed by atoms with van der Waals surface area (Å²) < 4.78 is 124. The van der Waals surface area contributed by atoms with Gasteiger partial charge in [0.1, 0.15) is 5.57 Å². The van der Waals surface area contributed by atoms with E-state index in [2.05, 4.69) is 0 Å². The molecule has 0 saturated heterocycles. The van der Waals surface area contributed by atoms with Gasteiger partial charge in [-0.1, -0.05) is 0 Å². The van der Waals surface area contributed by atoms with E-state index in [-0.39, 0.29) is 0 Å². The normalized spacial score (nSPS) is 23.3. The van der Waals surface area contributed by atoms with Crippen LogP contribution in [-0.4, -0.2) is 24.2 Å². The molecule has 1 aliphatic carbocycles. The molecule has 0 aliphatic heterocycles. The Bertz CT molecular complexity index is 352. The summed E-state index contributed by atoms with van der Waals surface area (Å²) in [5, 5.41) is 0. The van der Waals surface area contributed by atoms with Crippen molar-refractivity contribution in [3.63, 3.8) is 0 Å². The zero-order chi connectivity index (χ0) is 14.6. The maximum absolute atomic E-state index is 12.9. The Morgan fingerprint density at radius 3 is 1.44 bits per heavy atom. The summed E-state index contributed by atoms with van der Waals surface area (Å²) in [7, 11) is 0. The van der Waals surface area contributed by atoms with Crippen molar-refractivity contribution in [3.8, 4) is 0 Å². The molecule has 0 atom stereocenters. The van der Waals surface area contributed by atoms with E-state index in [4.69, 9.17) is 0 Å². The minimum atomic E-state index is -6.17. The average molecular weight is 290 g/mol. The predicted molar refractivity (Wildman–Crippen MR) is 38.3 cm³/mol. The van der Waals surface area contributed by atoms with Gasteiger partial charge in [0.25, 0.3) is 0 Å². The summed E-state index contributed by atoms with van der Waals surface area (Å²) in [6.07, 6.45) is -15.8. The third-order valence-corrected chi connectivity index (χ3v) is 2.40. The third-order valence-electron chi connectivity index (χ3n) is 2.40. The van der Waals surface area contributed by atoms with Gasteiger partial charge in [-0.15, -0.1) is 0 Å². The van der Waals surface area contributed by atoms with Crippen molar-refractivity contribution in [2.45, 2.75) is 37.0 Å². The summed E-state index contributed by atoms with van der Waals surface area (Å²) in [6.45, 7) is 0. The molecular weight excluding hydrogens is 286 g/mol. The molecule has 0 aromatic heterocycles. The molecule has 0 aromatic carbocycles. The molecule has 0 bridgehead atoms. The van der Waals surface area contributed by atoms with E-state index in [1.54, 1.807) is 0 Å². The van der Waals surface area contributed by atoms with Crippen LogP contribution < -0.4 is 0 Å². The molecule has 0 spiro atoms. The van der Waals surface area contributed by atoms with Crippen LogP contribution in [0.2, 0.25) is 0 Å². The lowest BCUT2D eigenvalue weighted by molar-refractivity contribution is -0.189. The average Bonchev–Trinajstić information content (AvgIpc) is 2.23. The van der Waals surface area contributed by atoms with E-state index in [9.17, 15) is 43.9 Å². The van der Waals surface area contributed by atoms with Crippen molar-refractivity contribution in [2.75, 3.05) is 0 Å². The SMILES string of the molecule is FC(F)(F)C(=C1CCC(F)(F)C1(F)F)C(F)(F)F. The van der Waals surface area contributed by atoms with Gasteiger partial charge in [0.2, 0.25) is 0 Å². The minimum Gasteiger partial charge on any atom is -0.199 e. The molecule has 0 amide bonds. The highest BCUT2D eigenvalue weighted by Crippen LogP contribution is 2.56. The first-order valence-corrected chi connectivity index (χ1v) is 4.35. The van der Waals surface area contributed by atoms with E-state index in [0.29, 0.717) is 0 Å². The highest BCUT2D eigenvalue weighted by atomic mass is 19.4. The van der Waals surface area contributed by atoms with Crippen LogP contribution in [0.15, 0.2) is 11.1 Å². The monoisotopic (exact) mass is 290 g/mol. The lowest BCUT2D eigenvalue weighted by Crippen LogP contribution is -2.39. The first kappa shape index (κ1) is 15.1. The molecule has 0 unspecified atom stereocenters. The predicted octanol–water partition coefficient (Wildman–Crippen LogP) is 4.47. The Hall–Kier alpha value is -0.960. The molecule has 1 rings (SSSR count). The van der Waals surface area contributed by atoms with E-state index >= 15 is 0 Å². The van der Waals surface area contributed by atoms with Gasteiger partial charge in [0.05, 0.1) is 0 Å². The Labute approximate surface area is 93.3 Å². The Balaban J connectivity index is 3.51. The number of hydrogen-bond donors (Lipinski definition) is 0. The fourth-order valence-electron chi connectivity index (χ4n) is 1.60. The highest BCUT2D eigenvalue weighted by Gasteiger charge is 2.68. The molecule has 1 saturated carbocycles. The highest BCUT2D eigenvalue weighted by molar-refractivity contribution is 5.34. The van der Waals surface area contributed by atoms with Gasteiger partial charge in [-0.25, -0.2) is 0 Å². The number of alkyl halides is 10. The van der Waals surface area contributed by atoms with Gasteiger partial charge in [-0.2, -0.15) is 43.9 Å². The van der Waals surface area contributed by atoms with Crippen LogP contribution in [0, 0.1) is 0 Å². The Morgan fingerprint density at radius 2 is 1.22 bits per heavy atom. The van der Waals surface area contributed by atoms with Crippen molar-refractivity contribution < 1.29 is 43.9 Å².